The van der Waals surface area contributed by atoms with Crippen molar-refractivity contribution in [3.63, 3.8) is 0 Å². The third-order valence-corrected chi connectivity index (χ3v) is 7.56. The van der Waals surface area contributed by atoms with Crippen LogP contribution in [0.15, 0.2) is 29.1 Å². The van der Waals surface area contributed by atoms with Crippen molar-refractivity contribution in [1.29, 1.82) is 0 Å². The smallest absolute Gasteiger partial charge is 0.294 e. The molecule has 2 heterocycles. The highest BCUT2D eigenvalue weighted by Crippen LogP contribution is 2.47. The van der Waals surface area contributed by atoms with Crippen molar-refractivity contribution in [3.8, 4) is 0 Å². The summed E-state index contributed by atoms with van der Waals surface area (Å²) in [5.74, 6) is 0.0820. The number of hydrogen-bond donors (Lipinski definition) is 3. The van der Waals surface area contributed by atoms with Crippen molar-refractivity contribution < 1.29 is 4.79 Å². The van der Waals surface area contributed by atoms with Crippen LogP contribution in [-0.2, 0) is 23.3 Å². The van der Waals surface area contributed by atoms with E-state index < -0.39 is 6.04 Å². The summed E-state index contributed by atoms with van der Waals surface area (Å²) in [6.07, 6.45) is 5.28. The van der Waals surface area contributed by atoms with Crippen LogP contribution in [-0.4, -0.2) is 21.5 Å². The second-order valence-corrected chi connectivity index (χ2v) is 9.35. The van der Waals surface area contributed by atoms with Crippen LogP contribution in [0.4, 0.5) is 5.82 Å². The van der Waals surface area contributed by atoms with Crippen LogP contribution < -0.4 is 21.9 Å². The Balaban J connectivity index is 1.64. The van der Waals surface area contributed by atoms with E-state index in [2.05, 4.69) is 29.5 Å². The molecule has 1 aromatic heterocycles. The lowest BCUT2D eigenvalue weighted by molar-refractivity contribution is -0.124. The molecule has 4 N–H and O–H groups in total. The molecule has 4 rings (SSSR count). The van der Waals surface area contributed by atoms with Gasteiger partial charge in [-0.25, -0.2) is 4.98 Å². The van der Waals surface area contributed by atoms with Gasteiger partial charge in [0.2, 0.25) is 5.91 Å². The monoisotopic (exact) mass is 457 g/mol. The third-order valence-electron chi connectivity index (χ3n) is 7.29. The van der Waals surface area contributed by atoms with Gasteiger partial charge in [-0.1, -0.05) is 49.7 Å². The van der Waals surface area contributed by atoms with E-state index in [9.17, 15) is 9.59 Å². The van der Waals surface area contributed by atoms with E-state index in [0.29, 0.717) is 30.4 Å². The molecule has 1 amide bonds. The largest absolute Gasteiger partial charge is 0.363 e. The van der Waals surface area contributed by atoms with Gasteiger partial charge in [-0.3, -0.25) is 14.2 Å². The number of halogens is 1. The fraction of sp³-hybridized carbons (Fsp3) is 0.542. The van der Waals surface area contributed by atoms with Crippen LogP contribution in [0.25, 0.3) is 0 Å². The van der Waals surface area contributed by atoms with Gasteiger partial charge in [0.05, 0.1) is 5.69 Å². The maximum atomic E-state index is 13.5. The second-order valence-electron chi connectivity index (χ2n) is 8.99. The van der Waals surface area contributed by atoms with E-state index in [0.717, 1.165) is 43.2 Å². The Morgan fingerprint density at radius 2 is 1.88 bits per heavy atom. The Bertz CT molecular complexity index is 1040. The molecule has 2 aliphatic rings. The fourth-order valence-corrected chi connectivity index (χ4v) is 5.24. The van der Waals surface area contributed by atoms with Crippen LogP contribution in [0.5, 0.6) is 0 Å². The Hall–Kier alpha value is -2.38. The minimum Gasteiger partial charge on any atom is -0.363 e. The summed E-state index contributed by atoms with van der Waals surface area (Å²) in [6, 6.07) is 7.47. The van der Waals surface area contributed by atoms with Crippen LogP contribution >= 0.6 is 11.6 Å². The van der Waals surface area contributed by atoms with Crippen molar-refractivity contribution in [2.75, 3.05) is 5.32 Å². The average Bonchev–Trinajstić information content (AvgIpc) is 3.15. The molecule has 172 valence electrons. The number of aromatic nitrogens is 2. The molecule has 0 radical (unpaired) electrons. The van der Waals surface area contributed by atoms with Crippen molar-refractivity contribution in [2.45, 2.75) is 83.0 Å². The number of fused-ring (bicyclic) bond motifs is 1. The van der Waals surface area contributed by atoms with Crippen molar-refractivity contribution in [1.82, 2.24) is 14.9 Å². The minimum absolute atomic E-state index is 0.170. The van der Waals surface area contributed by atoms with Gasteiger partial charge in [-0.15, -0.1) is 0 Å². The number of nitrogens with two attached hydrogens (primary N) is 1. The van der Waals surface area contributed by atoms with Gasteiger partial charge in [0, 0.05) is 24.5 Å². The topological polar surface area (TPSA) is 102 Å². The van der Waals surface area contributed by atoms with Crippen LogP contribution in [0.3, 0.4) is 0 Å². The zero-order valence-electron chi connectivity index (χ0n) is 18.8. The molecule has 2 aromatic rings. The SMILES string of the molecule is CCC1(CC)C[C@@H](C(=O)NCc2ccc(CN)cc2)n2c1c(Cl)nc(NC1CCC1)c2=O. The molecule has 0 bridgehead atoms. The van der Waals surface area contributed by atoms with Crippen molar-refractivity contribution in [2.24, 2.45) is 5.73 Å². The molecular weight excluding hydrogens is 426 g/mol. The van der Waals surface area contributed by atoms with Crippen molar-refractivity contribution in [3.05, 3.63) is 56.6 Å². The number of carbonyl (C=O) groups is 1. The first-order valence-corrected chi connectivity index (χ1v) is 11.9. The molecule has 0 unspecified atom stereocenters. The molecule has 0 spiro atoms. The summed E-state index contributed by atoms with van der Waals surface area (Å²) in [5.41, 5.74) is 7.78. The van der Waals surface area contributed by atoms with Gasteiger partial charge >= 0.3 is 0 Å². The number of carbonyl (C=O) groups excluding carboxylic acids is 1. The molecule has 1 atom stereocenters. The second kappa shape index (κ2) is 9.24. The van der Waals surface area contributed by atoms with Gasteiger partial charge in [0.25, 0.3) is 5.56 Å². The third kappa shape index (κ3) is 4.04. The first-order valence-electron chi connectivity index (χ1n) is 11.6. The first-order chi connectivity index (χ1) is 15.4. The highest BCUT2D eigenvalue weighted by molar-refractivity contribution is 6.30. The molecule has 1 fully saturated rings. The first kappa shape index (κ1) is 22.8. The lowest BCUT2D eigenvalue weighted by atomic mass is 9.77. The van der Waals surface area contributed by atoms with E-state index >= 15 is 0 Å². The zero-order chi connectivity index (χ0) is 22.9. The van der Waals surface area contributed by atoms with E-state index in [-0.39, 0.29) is 28.7 Å². The molecule has 0 saturated heterocycles. The number of nitrogens with zero attached hydrogens (tertiary/aromatic N) is 2. The number of rotatable bonds is 8. The van der Waals surface area contributed by atoms with Gasteiger partial charge < -0.3 is 16.4 Å². The predicted octanol–water partition coefficient (Wildman–Crippen LogP) is 3.64. The Kier molecular flexibility index (Phi) is 6.58. The Morgan fingerprint density at radius 1 is 1.22 bits per heavy atom. The minimum atomic E-state index is -0.608. The maximum Gasteiger partial charge on any atom is 0.294 e. The number of benzene rings is 1. The van der Waals surface area contributed by atoms with Crippen LogP contribution in [0.2, 0.25) is 5.15 Å². The maximum absolute atomic E-state index is 13.5. The molecule has 8 heteroatoms. The molecule has 1 aliphatic heterocycles. The Morgan fingerprint density at radius 3 is 2.44 bits per heavy atom. The summed E-state index contributed by atoms with van der Waals surface area (Å²) >= 11 is 6.65. The Labute approximate surface area is 193 Å². The lowest BCUT2D eigenvalue weighted by Gasteiger charge is -2.28. The lowest BCUT2D eigenvalue weighted by Crippen LogP contribution is -2.38. The van der Waals surface area contributed by atoms with Gasteiger partial charge in [0.15, 0.2) is 11.0 Å². The highest BCUT2D eigenvalue weighted by atomic mass is 35.5. The summed E-state index contributed by atoms with van der Waals surface area (Å²) in [7, 11) is 0. The standard InChI is InChI=1S/C24H32ClN5O2/c1-3-24(4-2)12-18(22(31)27-14-16-10-8-15(13-26)9-11-16)30-19(24)20(25)29-21(23(30)32)28-17-6-5-7-17/h8-11,17-18H,3-7,12-14,26H2,1-2H3,(H,27,31)(H,28,29)/t18-/m0/s1. The quantitative estimate of drug-likeness (QED) is 0.561. The van der Waals surface area contributed by atoms with Gasteiger partial charge in [-0.2, -0.15) is 0 Å². The van der Waals surface area contributed by atoms with Crippen LogP contribution in [0.1, 0.15) is 75.2 Å². The summed E-state index contributed by atoms with van der Waals surface area (Å²) in [6.45, 7) is 5.03. The predicted molar refractivity (Wildman–Crippen MR) is 127 cm³/mol. The molecule has 7 nitrogen and oxygen atoms in total. The van der Waals surface area contributed by atoms with Gasteiger partial charge in [-0.05, 0) is 49.7 Å². The molecule has 1 aliphatic carbocycles. The average molecular weight is 458 g/mol. The molecule has 1 aromatic carbocycles. The van der Waals surface area contributed by atoms with E-state index in [1.165, 1.54) is 0 Å². The zero-order valence-corrected chi connectivity index (χ0v) is 19.5. The molecule has 1 saturated carbocycles. The summed E-state index contributed by atoms with van der Waals surface area (Å²) in [4.78, 5) is 31.2. The molecule has 32 heavy (non-hydrogen) atoms. The number of anilines is 1. The number of amides is 1. The normalized spacial score (nSPS) is 19.3. The van der Waals surface area contributed by atoms with Crippen LogP contribution in [0, 0.1) is 0 Å². The number of nitrogens with one attached hydrogen (secondary N) is 2. The fourth-order valence-electron chi connectivity index (χ4n) is 4.87. The van der Waals surface area contributed by atoms with E-state index in [1.807, 2.05) is 24.3 Å². The highest BCUT2D eigenvalue weighted by Gasteiger charge is 2.47. The molecular formula is C24H32ClN5O2. The summed E-state index contributed by atoms with van der Waals surface area (Å²) in [5, 5.41) is 6.58. The summed E-state index contributed by atoms with van der Waals surface area (Å²) < 4.78 is 1.61. The van der Waals surface area contributed by atoms with Crippen molar-refractivity contribution >= 4 is 23.3 Å². The van der Waals surface area contributed by atoms with E-state index in [1.54, 1.807) is 4.57 Å². The van der Waals surface area contributed by atoms with Gasteiger partial charge in [0.1, 0.15) is 6.04 Å². The van der Waals surface area contributed by atoms with E-state index in [4.69, 9.17) is 17.3 Å². The number of hydrogen-bond acceptors (Lipinski definition) is 5.